The predicted molar refractivity (Wildman–Crippen MR) is 121 cm³/mol. The zero-order valence-electron chi connectivity index (χ0n) is 20.1. The summed E-state index contributed by atoms with van der Waals surface area (Å²) >= 11 is 0. The van der Waals surface area contributed by atoms with E-state index in [0.29, 0.717) is 6.42 Å². The molecule has 4 atom stereocenters. The molecule has 168 valence electrons. The summed E-state index contributed by atoms with van der Waals surface area (Å²) in [6.45, 7) is 19.4. The fourth-order valence-corrected chi connectivity index (χ4v) is 4.11. The van der Waals surface area contributed by atoms with Gasteiger partial charge in [-0.3, -0.25) is 4.79 Å². The number of hydrogen-bond donors (Lipinski definition) is 1. The van der Waals surface area contributed by atoms with Gasteiger partial charge in [0.1, 0.15) is 12.9 Å². The molecule has 1 N–H and O–H groups in total. The second-order valence-corrected chi connectivity index (χ2v) is 14.0. The van der Waals surface area contributed by atoms with Crippen LogP contribution in [0.25, 0.3) is 0 Å². The van der Waals surface area contributed by atoms with Crippen LogP contribution in [0.15, 0.2) is 11.6 Å². The lowest BCUT2D eigenvalue weighted by Gasteiger charge is -2.41. The van der Waals surface area contributed by atoms with Gasteiger partial charge in [-0.25, -0.2) is 0 Å². The largest absolute Gasteiger partial charge is 0.481 e. The summed E-state index contributed by atoms with van der Waals surface area (Å²) in [4.78, 5) is 10.8. The van der Waals surface area contributed by atoms with Crippen molar-refractivity contribution in [3.63, 3.8) is 0 Å². The van der Waals surface area contributed by atoms with Gasteiger partial charge in [-0.2, -0.15) is 0 Å². The molecule has 0 saturated carbocycles. The summed E-state index contributed by atoms with van der Waals surface area (Å²) in [7, 11) is -0.401. The fraction of sp³-hybridized carbons (Fsp3) is 0.783. The first-order valence-corrected chi connectivity index (χ1v) is 13.3. The highest BCUT2D eigenvalue weighted by Gasteiger charge is 2.41. The van der Waals surface area contributed by atoms with Gasteiger partial charge in [0.25, 0.3) is 0 Å². The molecule has 0 aromatic heterocycles. The Bertz CT molecular complexity index is 595. The van der Waals surface area contributed by atoms with E-state index in [2.05, 4.69) is 59.6 Å². The minimum absolute atomic E-state index is 0.0181. The molecule has 0 aromatic rings. The van der Waals surface area contributed by atoms with Crippen LogP contribution in [0.4, 0.5) is 0 Å². The van der Waals surface area contributed by atoms with Gasteiger partial charge >= 0.3 is 5.97 Å². The lowest BCUT2D eigenvalue weighted by molar-refractivity contribution is -0.136. The van der Waals surface area contributed by atoms with Gasteiger partial charge in [0.2, 0.25) is 0 Å². The SMILES string of the molecule is CC#C[C@H](O[Si](C)(C)C(C)(C)C)[C@@H](C)[C@@H](OCOC)[C@H](C)/C(C)=C/CCC(=O)O. The second-order valence-electron chi connectivity index (χ2n) is 9.26. The summed E-state index contributed by atoms with van der Waals surface area (Å²) in [6, 6.07) is 0. The van der Waals surface area contributed by atoms with E-state index < -0.39 is 14.3 Å². The lowest BCUT2D eigenvalue weighted by Crippen LogP contribution is -2.48. The van der Waals surface area contributed by atoms with Crippen molar-refractivity contribution in [1.29, 1.82) is 0 Å². The Morgan fingerprint density at radius 2 is 1.83 bits per heavy atom. The smallest absolute Gasteiger partial charge is 0.303 e. The van der Waals surface area contributed by atoms with Crippen molar-refractivity contribution < 1.29 is 23.8 Å². The number of allylic oxidation sites excluding steroid dienone is 1. The van der Waals surface area contributed by atoms with Crippen LogP contribution in [0.1, 0.15) is 61.3 Å². The Morgan fingerprint density at radius 3 is 2.28 bits per heavy atom. The normalized spacial score (nSPS) is 17.1. The molecule has 5 nitrogen and oxygen atoms in total. The van der Waals surface area contributed by atoms with E-state index >= 15 is 0 Å². The topological polar surface area (TPSA) is 65.0 Å². The molecule has 0 aliphatic rings. The van der Waals surface area contributed by atoms with Crippen molar-refractivity contribution in [1.82, 2.24) is 0 Å². The van der Waals surface area contributed by atoms with E-state index in [1.165, 1.54) is 0 Å². The Balaban J connectivity index is 5.66. The maximum absolute atomic E-state index is 10.8. The van der Waals surface area contributed by atoms with Crippen molar-refractivity contribution in [3.8, 4) is 11.8 Å². The van der Waals surface area contributed by atoms with Gasteiger partial charge in [0, 0.05) is 25.4 Å². The number of aliphatic carboxylic acids is 1. The van der Waals surface area contributed by atoms with Crippen molar-refractivity contribution in [3.05, 3.63) is 11.6 Å². The Morgan fingerprint density at radius 1 is 1.24 bits per heavy atom. The minimum atomic E-state index is -2.01. The van der Waals surface area contributed by atoms with Crippen LogP contribution in [0.3, 0.4) is 0 Å². The molecule has 0 aromatic carbocycles. The summed E-state index contributed by atoms with van der Waals surface area (Å²) in [5, 5.41) is 8.97. The van der Waals surface area contributed by atoms with Crippen LogP contribution >= 0.6 is 0 Å². The van der Waals surface area contributed by atoms with Crippen molar-refractivity contribution in [2.24, 2.45) is 11.8 Å². The van der Waals surface area contributed by atoms with Gasteiger partial charge in [-0.1, -0.05) is 52.2 Å². The molecular formula is C23H42O5Si. The summed E-state index contributed by atoms with van der Waals surface area (Å²) in [5.41, 5.74) is 1.11. The molecule has 0 bridgehead atoms. The van der Waals surface area contributed by atoms with E-state index in [9.17, 15) is 4.79 Å². The third-order valence-electron chi connectivity index (χ3n) is 5.92. The number of rotatable bonds is 12. The van der Waals surface area contributed by atoms with Gasteiger partial charge in [-0.05, 0) is 38.4 Å². The summed E-state index contributed by atoms with van der Waals surface area (Å²) in [6.07, 6.45) is 2.23. The molecule has 0 spiro atoms. The average Bonchev–Trinajstić information content (AvgIpc) is 2.59. The number of ether oxygens (including phenoxy) is 2. The van der Waals surface area contributed by atoms with Crippen molar-refractivity contribution >= 4 is 14.3 Å². The van der Waals surface area contributed by atoms with E-state index in [1.54, 1.807) is 7.11 Å². The number of carbonyl (C=O) groups is 1. The maximum atomic E-state index is 10.8. The van der Waals surface area contributed by atoms with Gasteiger partial charge < -0.3 is 19.0 Å². The van der Waals surface area contributed by atoms with Gasteiger partial charge in [0.05, 0.1) is 6.10 Å². The molecule has 0 heterocycles. The van der Waals surface area contributed by atoms with Crippen LogP contribution in [0.2, 0.25) is 18.1 Å². The molecule has 6 heteroatoms. The second kappa shape index (κ2) is 12.5. The molecule has 0 rings (SSSR count). The average molecular weight is 427 g/mol. The Labute approximate surface area is 179 Å². The number of carboxylic acid groups (broad SMARTS) is 1. The predicted octanol–water partition coefficient (Wildman–Crippen LogP) is 5.47. The van der Waals surface area contributed by atoms with E-state index in [1.807, 2.05) is 19.9 Å². The Hall–Kier alpha value is -1.13. The Kier molecular flexibility index (Phi) is 12.0. The van der Waals surface area contributed by atoms with Gasteiger partial charge in [-0.15, -0.1) is 5.92 Å². The monoisotopic (exact) mass is 426 g/mol. The molecule has 0 unspecified atom stereocenters. The number of carboxylic acids is 1. The molecule has 0 aliphatic heterocycles. The zero-order chi connectivity index (χ0) is 22.8. The van der Waals surface area contributed by atoms with Crippen LogP contribution in [-0.2, 0) is 18.7 Å². The highest BCUT2D eigenvalue weighted by atomic mass is 28.4. The van der Waals surface area contributed by atoms with Crippen molar-refractivity contribution in [2.45, 2.75) is 91.6 Å². The van der Waals surface area contributed by atoms with E-state index in [0.717, 1.165) is 5.57 Å². The first-order valence-electron chi connectivity index (χ1n) is 10.4. The third kappa shape index (κ3) is 9.48. The van der Waals surface area contributed by atoms with Crippen LogP contribution in [-0.4, -0.2) is 45.5 Å². The molecule has 0 aliphatic carbocycles. The molecule has 0 saturated heterocycles. The molecule has 0 radical (unpaired) electrons. The first-order chi connectivity index (χ1) is 13.3. The zero-order valence-corrected chi connectivity index (χ0v) is 21.1. The standard InChI is InChI=1S/C23H42O5Si/c1-11-13-20(28-29(9,10)23(5,6)7)19(4)22(27-16-26-8)18(3)17(2)14-12-15-21(24)25/h14,18-20,22H,12,15-16H2,1-10H3,(H,24,25)/b17-14+/t18-,19-,20+,22+/m1/s1. The van der Waals surface area contributed by atoms with Crippen molar-refractivity contribution in [2.75, 3.05) is 13.9 Å². The summed E-state index contributed by atoms with van der Waals surface area (Å²) < 4.78 is 17.9. The molecule has 0 amide bonds. The highest BCUT2D eigenvalue weighted by molar-refractivity contribution is 6.74. The fourth-order valence-electron chi connectivity index (χ4n) is 2.84. The van der Waals surface area contributed by atoms with Gasteiger partial charge in [0.15, 0.2) is 8.32 Å². The van der Waals surface area contributed by atoms with E-state index in [4.69, 9.17) is 19.0 Å². The number of methoxy groups -OCH3 is 1. The lowest BCUT2D eigenvalue weighted by atomic mass is 9.85. The van der Waals surface area contributed by atoms with Crippen LogP contribution in [0, 0.1) is 23.7 Å². The molecule has 0 fully saturated rings. The number of hydrogen-bond acceptors (Lipinski definition) is 4. The highest BCUT2D eigenvalue weighted by Crippen LogP contribution is 2.39. The summed E-state index contributed by atoms with van der Waals surface area (Å²) in [5.74, 6) is 5.60. The third-order valence-corrected chi connectivity index (χ3v) is 10.4. The maximum Gasteiger partial charge on any atom is 0.303 e. The molecule has 29 heavy (non-hydrogen) atoms. The molecular weight excluding hydrogens is 384 g/mol. The van der Waals surface area contributed by atoms with Crippen LogP contribution < -0.4 is 0 Å². The van der Waals surface area contributed by atoms with E-state index in [-0.39, 0.29) is 42.3 Å². The minimum Gasteiger partial charge on any atom is -0.481 e. The van der Waals surface area contributed by atoms with Crippen LogP contribution in [0.5, 0.6) is 0 Å². The quantitative estimate of drug-likeness (QED) is 0.194. The first kappa shape index (κ1) is 27.9.